The van der Waals surface area contributed by atoms with E-state index in [1.165, 1.54) is 42.1 Å². The lowest BCUT2D eigenvalue weighted by Gasteiger charge is -2.25. The summed E-state index contributed by atoms with van der Waals surface area (Å²) in [6, 6.07) is 15.8. The average molecular weight is 552 g/mol. The van der Waals surface area contributed by atoms with E-state index in [1.54, 1.807) is 13.0 Å². The smallest absolute Gasteiger partial charge is 0.296 e. The predicted octanol–water partition coefficient (Wildman–Crippen LogP) is 4.87. The van der Waals surface area contributed by atoms with Crippen LogP contribution >= 0.6 is 0 Å². The standard InChI is InChI=1S/C29H30FN3O5S/c1-4-5-11-25-32-28(34)26(29(35)33(25)24(18-38-3)21-9-7-6-8-10-21)39(36,37)22-14-12-20(13-15-22)23-16-17-31-27(30)19(23)2/h6-10,12-17,24,35H,4-5,11,18H2,1-3H3/t24-/m0/s1. The number of pyridine rings is 1. The number of hydrogen-bond acceptors (Lipinski definition) is 7. The molecule has 0 aliphatic heterocycles. The van der Waals surface area contributed by atoms with Crippen LogP contribution in [0.5, 0.6) is 5.88 Å². The van der Waals surface area contributed by atoms with Gasteiger partial charge < -0.3 is 9.84 Å². The normalized spacial score (nSPS) is 12.4. The van der Waals surface area contributed by atoms with Crippen LogP contribution in [0.15, 0.2) is 81.4 Å². The van der Waals surface area contributed by atoms with Crippen molar-refractivity contribution < 1.29 is 22.7 Å². The van der Waals surface area contributed by atoms with E-state index >= 15 is 0 Å². The summed E-state index contributed by atoms with van der Waals surface area (Å²) in [6.45, 7) is 3.67. The first-order chi connectivity index (χ1) is 18.7. The molecule has 0 fully saturated rings. The molecule has 10 heteroatoms. The second-order valence-corrected chi connectivity index (χ2v) is 11.0. The fourth-order valence-electron chi connectivity index (χ4n) is 4.53. The number of hydrogen-bond donors (Lipinski definition) is 1. The molecule has 2 heterocycles. The molecule has 1 N–H and O–H groups in total. The molecule has 0 bridgehead atoms. The van der Waals surface area contributed by atoms with Gasteiger partial charge in [-0.1, -0.05) is 55.8 Å². The van der Waals surface area contributed by atoms with Gasteiger partial charge in [0.15, 0.2) is 4.90 Å². The number of sulfone groups is 1. The Kier molecular flexibility index (Phi) is 8.57. The first-order valence-electron chi connectivity index (χ1n) is 12.6. The largest absolute Gasteiger partial charge is 0.493 e. The summed E-state index contributed by atoms with van der Waals surface area (Å²) in [5, 5.41) is 11.4. The van der Waals surface area contributed by atoms with Gasteiger partial charge in [-0.2, -0.15) is 9.37 Å². The third-order valence-electron chi connectivity index (χ3n) is 6.60. The highest BCUT2D eigenvalue weighted by Crippen LogP contribution is 2.33. The molecule has 39 heavy (non-hydrogen) atoms. The number of nitrogens with zero attached hydrogens (tertiary/aromatic N) is 3. The van der Waals surface area contributed by atoms with Gasteiger partial charge in [-0.05, 0) is 48.2 Å². The number of aryl methyl sites for hydroxylation is 1. The van der Waals surface area contributed by atoms with Gasteiger partial charge in [-0.25, -0.2) is 13.4 Å². The molecule has 204 valence electrons. The molecule has 4 aromatic rings. The quantitative estimate of drug-likeness (QED) is 0.280. The lowest BCUT2D eigenvalue weighted by molar-refractivity contribution is 0.161. The Hall–Kier alpha value is -3.89. The summed E-state index contributed by atoms with van der Waals surface area (Å²) in [7, 11) is -2.98. The van der Waals surface area contributed by atoms with Crippen molar-refractivity contribution in [2.24, 2.45) is 0 Å². The molecule has 0 unspecified atom stereocenters. The fraction of sp³-hybridized carbons (Fsp3) is 0.276. The van der Waals surface area contributed by atoms with Gasteiger partial charge in [-0.3, -0.25) is 9.36 Å². The molecule has 0 aliphatic carbocycles. The van der Waals surface area contributed by atoms with Crippen molar-refractivity contribution in [2.45, 2.75) is 48.9 Å². The van der Waals surface area contributed by atoms with Crippen molar-refractivity contribution in [3.05, 3.63) is 100 Å². The first-order valence-corrected chi connectivity index (χ1v) is 14.0. The van der Waals surface area contributed by atoms with E-state index in [0.717, 1.165) is 12.0 Å². The highest BCUT2D eigenvalue weighted by atomic mass is 32.2. The zero-order chi connectivity index (χ0) is 28.2. The summed E-state index contributed by atoms with van der Waals surface area (Å²) in [6.07, 6.45) is 3.19. The third kappa shape index (κ3) is 5.62. The van der Waals surface area contributed by atoms with Crippen LogP contribution in [0.2, 0.25) is 0 Å². The number of halogens is 1. The average Bonchev–Trinajstić information content (AvgIpc) is 2.93. The van der Waals surface area contributed by atoms with Crippen molar-refractivity contribution in [1.82, 2.24) is 14.5 Å². The van der Waals surface area contributed by atoms with Crippen LogP contribution in [-0.2, 0) is 21.0 Å². The van der Waals surface area contributed by atoms with Crippen LogP contribution in [0.25, 0.3) is 11.1 Å². The fourth-order valence-corrected chi connectivity index (χ4v) is 5.87. The van der Waals surface area contributed by atoms with Crippen LogP contribution in [0.4, 0.5) is 4.39 Å². The van der Waals surface area contributed by atoms with E-state index in [1.807, 2.05) is 37.3 Å². The van der Waals surface area contributed by atoms with Crippen LogP contribution in [0, 0.1) is 12.9 Å². The second-order valence-electron chi connectivity index (χ2n) is 9.14. The lowest BCUT2D eigenvalue weighted by Crippen LogP contribution is -2.29. The Morgan fingerprint density at radius 3 is 2.41 bits per heavy atom. The van der Waals surface area contributed by atoms with E-state index in [9.17, 15) is 22.7 Å². The SMILES string of the molecule is CCCCc1nc(=O)c(S(=O)(=O)c2ccc(-c3ccnc(F)c3C)cc2)c(O)n1[C@@H](COC)c1ccccc1. The van der Waals surface area contributed by atoms with E-state index in [4.69, 9.17) is 4.74 Å². The molecule has 4 rings (SSSR count). The Bertz CT molecular complexity index is 1620. The number of aromatic nitrogens is 3. The van der Waals surface area contributed by atoms with E-state index in [2.05, 4.69) is 9.97 Å². The van der Waals surface area contributed by atoms with Crippen LogP contribution in [0.1, 0.15) is 42.8 Å². The summed E-state index contributed by atoms with van der Waals surface area (Å²) in [5.41, 5.74) is 1.18. The minimum Gasteiger partial charge on any atom is -0.493 e. The Morgan fingerprint density at radius 2 is 1.77 bits per heavy atom. The monoisotopic (exact) mass is 551 g/mol. The molecule has 0 radical (unpaired) electrons. The highest BCUT2D eigenvalue weighted by molar-refractivity contribution is 7.91. The highest BCUT2D eigenvalue weighted by Gasteiger charge is 2.32. The molecule has 0 amide bonds. The molecule has 0 aliphatic rings. The van der Waals surface area contributed by atoms with Crippen LogP contribution < -0.4 is 5.56 Å². The number of ether oxygens (including phenoxy) is 1. The lowest BCUT2D eigenvalue weighted by atomic mass is 10.0. The number of aromatic hydroxyl groups is 1. The number of benzene rings is 2. The van der Waals surface area contributed by atoms with Crippen molar-refractivity contribution in [1.29, 1.82) is 0 Å². The van der Waals surface area contributed by atoms with E-state index in [0.29, 0.717) is 29.5 Å². The van der Waals surface area contributed by atoms with Gasteiger partial charge in [0.2, 0.25) is 21.7 Å². The first kappa shape index (κ1) is 28.1. The zero-order valence-electron chi connectivity index (χ0n) is 22.0. The van der Waals surface area contributed by atoms with E-state index in [-0.39, 0.29) is 17.3 Å². The van der Waals surface area contributed by atoms with Gasteiger partial charge in [-0.15, -0.1) is 0 Å². The number of unbranched alkanes of at least 4 members (excludes halogenated alkanes) is 1. The molecule has 1 atom stereocenters. The zero-order valence-corrected chi connectivity index (χ0v) is 22.8. The minimum atomic E-state index is -4.48. The molecule has 2 aromatic heterocycles. The maximum atomic E-state index is 13.9. The summed E-state index contributed by atoms with van der Waals surface area (Å²) < 4.78 is 48.2. The third-order valence-corrected chi connectivity index (χ3v) is 8.38. The van der Waals surface area contributed by atoms with Gasteiger partial charge in [0, 0.05) is 25.3 Å². The van der Waals surface area contributed by atoms with Gasteiger partial charge in [0.25, 0.3) is 5.56 Å². The predicted molar refractivity (Wildman–Crippen MR) is 145 cm³/mol. The van der Waals surface area contributed by atoms with Crippen molar-refractivity contribution in [3.63, 3.8) is 0 Å². The maximum Gasteiger partial charge on any atom is 0.296 e. The van der Waals surface area contributed by atoms with Gasteiger partial charge >= 0.3 is 0 Å². The topological polar surface area (TPSA) is 111 Å². The number of rotatable bonds is 10. The summed E-state index contributed by atoms with van der Waals surface area (Å²) >= 11 is 0. The Labute approximate surface area is 226 Å². The number of methoxy groups -OCH3 is 1. The van der Waals surface area contributed by atoms with Crippen LogP contribution in [-0.4, -0.2) is 41.8 Å². The van der Waals surface area contributed by atoms with Crippen molar-refractivity contribution >= 4 is 9.84 Å². The Morgan fingerprint density at radius 1 is 1.08 bits per heavy atom. The second kappa shape index (κ2) is 11.9. The van der Waals surface area contributed by atoms with Crippen LogP contribution in [0.3, 0.4) is 0 Å². The molecular formula is C29H30FN3O5S. The molecular weight excluding hydrogens is 521 g/mol. The van der Waals surface area contributed by atoms with Crippen molar-refractivity contribution in [3.8, 4) is 17.0 Å². The van der Waals surface area contributed by atoms with Gasteiger partial charge in [0.05, 0.1) is 17.5 Å². The maximum absolute atomic E-state index is 13.9. The summed E-state index contributed by atoms with van der Waals surface area (Å²) in [5.74, 6) is -1.04. The summed E-state index contributed by atoms with van der Waals surface area (Å²) in [4.78, 5) is 19.9. The van der Waals surface area contributed by atoms with Gasteiger partial charge in [0.1, 0.15) is 5.82 Å². The van der Waals surface area contributed by atoms with Crippen molar-refractivity contribution in [2.75, 3.05) is 13.7 Å². The molecule has 8 nitrogen and oxygen atoms in total. The molecule has 0 saturated heterocycles. The molecule has 0 spiro atoms. The molecule has 0 saturated carbocycles. The van der Waals surface area contributed by atoms with E-state index < -0.39 is 38.2 Å². The Balaban J connectivity index is 1.87. The molecule has 2 aromatic carbocycles. The minimum absolute atomic E-state index is 0.108.